The van der Waals surface area contributed by atoms with Gasteiger partial charge in [0.05, 0.1) is 15.9 Å². The van der Waals surface area contributed by atoms with E-state index in [4.69, 9.17) is 16.7 Å². The summed E-state index contributed by atoms with van der Waals surface area (Å²) in [5.74, 6) is 0.0863. The zero-order valence-corrected chi connectivity index (χ0v) is 20.3. The molecule has 4 nitrogen and oxygen atoms in total. The smallest absolute Gasteiger partial charge is 0.0819 e. The molecule has 5 rings (SSSR count). The highest BCUT2D eigenvalue weighted by Crippen LogP contribution is 2.35. The molecule has 0 amide bonds. The number of hydrogen-bond donors (Lipinski definition) is 2. The fraction of sp³-hybridized carbons (Fsp3) is 0.280. The largest absolute Gasteiger partial charge is 0.396 e. The Hall–Kier alpha value is -1.96. The zero-order valence-electron chi connectivity index (χ0n) is 17.9. The number of nitrogens with zero attached hydrogens (tertiary/aromatic N) is 2. The van der Waals surface area contributed by atoms with E-state index in [0.717, 1.165) is 49.3 Å². The maximum Gasteiger partial charge on any atom is 0.0819 e. The Morgan fingerprint density at radius 2 is 1.94 bits per heavy atom. The highest BCUT2D eigenvalue weighted by atomic mass is 35.5. The van der Waals surface area contributed by atoms with E-state index in [2.05, 4.69) is 28.2 Å². The van der Waals surface area contributed by atoms with Crippen molar-refractivity contribution in [2.24, 2.45) is 5.14 Å². The van der Waals surface area contributed by atoms with Crippen molar-refractivity contribution in [1.82, 2.24) is 9.97 Å². The molecule has 3 aromatic heterocycles. The standard InChI is InChI=1S/C22H19ClN2OS.C3H7NS/c1-14(13-26)15-6-8-24-20(11-15)18-7-9-25-21-12-17(27-22(18)21)10-16-4-2-3-5-19(16)23;4-5-3-1-2-3/h2-9,11-12,14,26H,10,13H2,1H3;3H,1-2,4H2. The summed E-state index contributed by atoms with van der Waals surface area (Å²) in [5.41, 5.74) is 5.15. The third-order valence-electron chi connectivity index (χ3n) is 5.41. The first kappa shape index (κ1) is 23.2. The lowest BCUT2D eigenvalue weighted by Crippen LogP contribution is -1.99. The predicted octanol–water partition coefficient (Wildman–Crippen LogP) is 6.45. The Labute approximate surface area is 202 Å². The number of fused-ring (bicyclic) bond motifs is 1. The quantitative estimate of drug-likeness (QED) is 0.308. The molecule has 0 spiro atoms. The number of aromatic nitrogens is 2. The Morgan fingerprint density at radius 3 is 2.62 bits per heavy atom. The number of thiophene rings is 1. The molecule has 0 saturated heterocycles. The lowest BCUT2D eigenvalue weighted by atomic mass is 10.0. The van der Waals surface area contributed by atoms with Crippen LogP contribution in [0.25, 0.3) is 21.5 Å². The summed E-state index contributed by atoms with van der Waals surface area (Å²) in [6.07, 6.45) is 7.12. The van der Waals surface area contributed by atoms with E-state index in [9.17, 15) is 5.11 Å². The summed E-state index contributed by atoms with van der Waals surface area (Å²) in [6.45, 7) is 2.13. The second-order valence-corrected chi connectivity index (χ2v) is 10.4. The minimum atomic E-state index is 0.0863. The second-order valence-electron chi connectivity index (χ2n) is 7.95. The Bertz CT molecular complexity index is 1190. The molecule has 0 bridgehead atoms. The van der Waals surface area contributed by atoms with Crippen LogP contribution in [0, 0.1) is 0 Å². The topological polar surface area (TPSA) is 72.0 Å². The zero-order chi connectivity index (χ0) is 22.5. The van der Waals surface area contributed by atoms with Gasteiger partial charge in [-0.15, -0.1) is 11.3 Å². The average molecular weight is 484 g/mol. The molecule has 4 aromatic rings. The lowest BCUT2D eigenvalue weighted by Gasteiger charge is -2.10. The van der Waals surface area contributed by atoms with Crippen molar-refractivity contribution >= 4 is 45.1 Å². The minimum absolute atomic E-state index is 0.0863. The highest BCUT2D eigenvalue weighted by Gasteiger charge is 2.19. The number of nitrogens with two attached hydrogens (primary N) is 1. The van der Waals surface area contributed by atoms with Crippen LogP contribution in [0.3, 0.4) is 0 Å². The van der Waals surface area contributed by atoms with Crippen LogP contribution in [0.2, 0.25) is 5.02 Å². The fourth-order valence-corrected chi connectivity index (χ4v) is 5.09. The third kappa shape index (κ3) is 5.69. The van der Waals surface area contributed by atoms with Crippen LogP contribution in [0.4, 0.5) is 0 Å². The van der Waals surface area contributed by atoms with Crippen LogP contribution < -0.4 is 5.14 Å². The summed E-state index contributed by atoms with van der Waals surface area (Å²) in [5, 5.41) is 16.2. The van der Waals surface area contributed by atoms with Crippen molar-refractivity contribution < 1.29 is 5.11 Å². The molecule has 1 aliphatic rings. The van der Waals surface area contributed by atoms with Gasteiger partial charge in [-0.1, -0.05) is 48.7 Å². The van der Waals surface area contributed by atoms with E-state index in [1.165, 1.54) is 29.7 Å². The van der Waals surface area contributed by atoms with Gasteiger partial charge in [-0.3, -0.25) is 15.1 Å². The van der Waals surface area contributed by atoms with Crippen LogP contribution in [0.5, 0.6) is 0 Å². The second kappa shape index (κ2) is 10.8. The van der Waals surface area contributed by atoms with Crippen molar-refractivity contribution in [1.29, 1.82) is 0 Å². The molecule has 3 N–H and O–H groups in total. The van der Waals surface area contributed by atoms with Crippen LogP contribution in [0.1, 0.15) is 41.7 Å². The van der Waals surface area contributed by atoms with E-state index < -0.39 is 0 Å². The molecule has 3 heterocycles. The van der Waals surface area contributed by atoms with Crippen molar-refractivity contribution in [3.05, 3.63) is 82.0 Å². The third-order valence-corrected chi connectivity index (χ3v) is 7.79. The van der Waals surface area contributed by atoms with Crippen molar-refractivity contribution in [3.63, 3.8) is 0 Å². The molecule has 1 aromatic carbocycles. The first-order valence-corrected chi connectivity index (χ1v) is 12.8. The molecule has 7 heteroatoms. The summed E-state index contributed by atoms with van der Waals surface area (Å²) in [6, 6.07) is 16.1. The summed E-state index contributed by atoms with van der Waals surface area (Å²) in [7, 11) is 0. The van der Waals surface area contributed by atoms with Gasteiger partial charge >= 0.3 is 0 Å². The van der Waals surface area contributed by atoms with Gasteiger partial charge in [-0.2, -0.15) is 0 Å². The molecule has 0 aliphatic heterocycles. The van der Waals surface area contributed by atoms with Gasteiger partial charge in [0.2, 0.25) is 0 Å². The van der Waals surface area contributed by atoms with E-state index in [-0.39, 0.29) is 12.5 Å². The molecule has 1 atom stereocenters. The van der Waals surface area contributed by atoms with E-state index in [0.29, 0.717) is 0 Å². The number of halogens is 1. The van der Waals surface area contributed by atoms with Gasteiger partial charge < -0.3 is 5.11 Å². The van der Waals surface area contributed by atoms with E-state index >= 15 is 0 Å². The molecule has 32 heavy (non-hydrogen) atoms. The minimum Gasteiger partial charge on any atom is -0.396 e. The van der Waals surface area contributed by atoms with Crippen LogP contribution >= 0.6 is 34.9 Å². The molecule has 0 radical (unpaired) electrons. The van der Waals surface area contributed by atoms with Crippen molar-refractivity contribution in [3.8, 4) is 11.3 Å². The number of benzene rings is 1. The van der Waals surface area contributed by atoms with Crippen LogP contribution in [0.15, 0.2) is 60.9 Å². The van der Waals surface area contributed by atoms with Crippen molar-refractivity contribution in [2.75, 3.05) is 6.61 Å². The monoisotopic (exact) mass is 483 g/mol. The first-order valence-electron chi connectivity index (χ1n) is 10.6. The Balaban J connectivity index is 0.000000433. The van der Waals surface area contributed by atoms with Crippen LogP contribution in [-0.2, 0) is 6.42 Å². The van der Waals surface area contributed by atoms with Gasteiger partial charge in [0.25, 0.3) is 0 Å². The Morgan fingerprint density at radius 1 is 1.16 bits per heavy atom. The molecule has 1 fully saturated rings. The SMILES string of the molecule is CC(CO)c1ccnc(-c2ccnc3cc(Cc4ccccc4Cl)sc23)c1.NSC1CC1. The number of pyridine rings is 2. The number of hydrogen-bond acceptors (Lipinski definition) is 6. The Kier molecular flexibility index (Phi) is 7.81. The average Bonchev–Trinajstić information content (AvgIpc) is 3.58. The molecule has 1 aliphatic carbocycles. The number of aliphatic hydroxyl groups is 1. The maximum absolute atomic E-state index is 9.45. The van der Waals surface area contributed by atoms with E-state index in [1.54, 1.807) is 17.5 Å². The summed E-state index contributed by atoms with van der Waals surface area (Å²) >= 11 is 9.54. The van der Waals surface area contributed by atoms with Gasteiger partial charge in [0.15, 0.2) is 0 Å². The maximum atomic E-state index is 9.45. The summed E-state index contributed by atoms with van der Waals surface area (Å²) < 4.78 is 1.13. The number of rotatable bonds is 6. The van der Waals surface area contributed by atoms with Crippen LogP contribution in [-0.4, -0.2) is 26.9 Å². The van der Waals surface area contributed by atoms with Gasteiger partial charge in [-0.05, 0) is 54.3 Å². The molecule has 166 valence electrons. The predicted molar refractivity (Wildman–Crippen MR) is 137 cm³/mol. The molecule has 1 unspecified atom stereocenters. The van der Waals surface area contributed by atoms with Gasteiger partial charge in [0, 0.05) is 52.1 Å². The number of aliphatic hydroxyl groups excluding tert-OH is 1. The molecular formula is C25H26ClN3OS2. The molecular weight excluding hydrogens is 458 g/mol. The van der Waals surface area contributed by atoms with E-state index in [1.807, 2.05) is 43.5 Å². The lowest BCUT2D eigenvalue weighted by molar-refractivity contribution is 0.273. The van der Waals surface area contributed by atoms with Gasteiger partial charge in [-0.25, -0.2) is 0 Å². The fourth-order valence-electron chi connectivity index (χ4n) is 3.32. The van der Waals surface area contributed by atoms with Gasteiger partial charge in [0.1, 0.15) is 0 Å². The normalized spacial score (nSPS) is 14.1. The first-order chi connectivity index (χ1) is 15.6. The van der Waals surface area contributed by atoms with Crippen molar-refractivity contribution in [2.45, 2.75) is 37.4 Å². The molecule has 1 saturated carbocycles. The summed E-state index contributed by atoms with van der Waals surface area (Å²) in [4.78, 5) is 10.3. The highest BCUT2D eigenvalue weighted by molar-refractivity contribution is 7.97.